The molecule has 0 spiro atoms. The number of benzene rings is 4. The van der Waals surface area contributed by atoms with Crippen molar-refractivity contribution < 1.29 is 92.6 Å². The molecular weight excluding hydrogens is 1540 g/mol. The highest BCUT2D eigenvalue weighted by Gasteiger charge is 2.67. The van der Waals surface area contributed by atoms with Gasteiger partial charge in [-0.25, -0.2) is 53.1 Å². The van der Waals surface area contributed by atoms with Crippen molar-refractivity contribution in [3.8, 4) is 23.1 Å². The number of nitrogens with one attached hydrogen (secondary N) is 3. The van der Waals surface area contributed by atoms with Crippen LogP contribution in [0.25, 0.3) is 55.2 Å². The van der Waals surface area contributed by atoms with Gasteiger partial charge in [0, 0.05) is 56.3 Å². The Morgan fingerprint density at radius 3 is 1.52 bits per heavy atom. The molecule has 1 saturated carbocycles. The lowest BCUT2D eigenvalue weighted by atomic mass is 10.0. The quantitative estimate of drug-likeness (QED) is 0.0458. The third-order valence-corrected chi connectivity index (χ3v) is 18.6. The van der Waals surface area contributed by atoms with Gasteiger partial charge in [0.05, 0.1) is 105 Å². The van der Waals surface area contributed by atoms with Crippen LogP contribution in [0.5, 0.6) is 11.8 Å². The number of aryl methyl sites for hydroxylation is 2. The fraction of sp³-hybridized carbons (Fsp3) is 0.312. The monoisotopic (exact) mass is 1590 g/mol. The molecule has 0 bridgehead atoms. The van der Waals surface area contributed by atoms with Crippen LogP contribution >= 0.6 is 23.2 Å². The topological polar surface area (TPSA) is 315 Å². The maximum atomic E-state index is 15.5. The number of carbonyl (C=O) groups excluding carboxylic acids is 1. The maximum absolute atomic E-state index is 15.5. The van der Waals surface area contributed by atoms with E-state index in [1.165, 1.54) is 55.2 Å². The third-order valence-electron chi connectivity index (χ3n) is 16.8. The molecule has 107 heavy (non-hydrogen) atoms. The van der Waals surface area contributed by atoms with Gasteiger partial charge in [0.25, 0.3) is 23.5 Å². The third kappa shape index (κ3) is 16.2. The van der Waals surface area contributed by atoms with E-state index in [1.807, 2.05) is 0 Å². The number of aromatic nitrogens is 12. The largest absolute Gasteiger partial charge is 0.477 e. The molecule has 0 aliphatic heterocycles. The van der Waals surface area contributed by atoms with Crippen LogP contribution < -0.4 is 41.1 Å². The highest BCUT2D eigenvalue weighted by Crippen LogP contribution is 2.68. The number of nitrogens with two attached hydrogens (primary N) is 1. The number of amides is 1. The van der Waals surface area contributed by atoms with Crippen molar-refractivity contribution >= 4 is 105 Å². The Labute approximate surface area is 602 Å². The summed E-state index contributed by atoms with van der Waals surface area (Å²) in [6.45, 7) is -2.70. The molecule has 4 atom stereocenters. The zero-order valence-electron chi connectivity index (χ0n) is 55.1. The van der Waals surface area contributed by atoms with Gasteiger partial charge in [0.1, 0.15) is 52.9 Å². The van der Waals surface area contributed by atoms with Crippen molar-refractivity contribution in [3.63, 3.8) is 0 Å². The lowest BCUT2D eigenvalue weighted by molar-refractivity contribution is -0.140. The maximum Gasteiger partial charge on any atom is 0.392 e. The van der Waals surface area contributed by atoms with Gasteiger partial charge in [0.15, 0.2) is 22.9 Å². The van der Waals surface area contributed by atoms with Gasteiger partial charge in [-0.3, -0.25) is 47.0 Å². The molecule has 7 aromatic heterocycles. The number of anilines is 2. The average molecular weight is 1590 g/mol. The van der Waals surface area contributed by atoms with E-state index in [4.69, 9.17) is 38.4 Å². The summed E-state index contributed by atoms with van der Waals surface area (Å²) in [5.41, 5.74) is 2.14. The second kappa shape index (κ2) is 28.5. The number of ether oxygens (including phenoxy) is 2. The zero-order chi connectivity index (χ0) is 77.6. The molecule has 2 aliphatic carbocycles. The number of fused-ring (bicyclic) bond motifs is 7. The molecule has 2 aliphatic rings. The van der Waals surface area contributed by atoms with Crippen LogP contribution in [0.4, 0.5) is 73.1 Å². The molecule has 7 heterocycles. The summed E-state index contributed by atoms with van der Waals surface area (Å²) in [6.07, 6.45) is -14.1. The van der Waals surface area contributed by atoms with E-state index in [0.717, 1.165) is 62.7 Å². The fourth-order valence-electron chi connectivity index (χ4n) is 12.6. The number of pyridine rings is 2. The van der Waals surface area contributed by atoms with E-state index in [2.05, 4.69) is 50.0 Å². The molecular formula is C64H52Cl2F14N16O9S2. The van der Waals surface area contributed by atoms with Crippen molar-refractivity contribution in [2.45, 2.75) is 81.4 Å². The normalized spacial score (nSPS) is 15.5. The van der Waals surface area contributed by atoms with Crippen molar-refractivity contribution in [3.05, 3.63) is 179 Å². The van der Waals surface area contributed by atoms with Crippen LogP contribution in [0, 0.1) is 29.2 Å². The van der Waals surface area contributed by atoms with E-state index in [9.17, 15) is 83.9 Å². The Hall–Kier alpha value is -10.3. The van der Waals surface area contributed by atoms with E-state index in [1.54, 1.807) is 0 Å². The SMILES string of the molecule is Cn1nc(NS(C)(=O)=O)c2c(Cl)ccc(-n3c([C@@H](N)Cc4cc(F)cc(F)c4)nc4nc(OCCC(F)(F)F)ccc4c3=O)c21.Cn1nc(NS(C)(=O)=O)c2c(Cl)ccc(-n3c([C@H](Cc4cc(F)cc(F)c4)NC(=O)Cn4nc(C(F)F)c5c4C(F)(F)[C@@H]4C[C@H]54)nc4nc(OCCC(F)(F)F)ccc4c3=O)c21. The van der Waals surface area contributed by atoms with Crippen LogP contribution in [0.3, 0.4) is 0 Å². The summed E-state index contributed by atoms with van der Waals surface area (Å²) < 4.78 is 261. The molecule has 5 N–H and O–H groups in total. The molecule has 1 amide bonds. The standard InChI is InChI=1S/C37H29ClF9N9O5S.C27H23ClF5N7O4S/c1-54-29-23(5-4-21(38)27(29)33(52-54)53-62(2,59)60)56-34(50-32-18(35(56)58)3-6-25(49-32)61-8-7-36(43,44)45)22(11-15-9-16(39)12-17(40)10-15)48-24(57)14-55-30-26(28(51-55)31(41)42)19-13-20(19)37(30,46)47;1-39-22-19(5-4-17(28)21(22)24(37-39)38-45(2,42)43)40-25(18(34)11-13-9-14(29)12-15(30)10-13)36-23-16(26(40)41)3-6-20(35-23)44-8-7-27(31,32)33/h3-6,9-10,12,19-20,22,31H,7-8,11,13-14H2,1-2H3,(H,48,57)(H,52,53);3-6,9-10,12,18H,7-8,11,34H2,1-2H3,(H,37,38)/t19-,20+,22-;18-/m00/s1. The number of alkyl halides is 10. The summed E-state index contributed by atoms with van der Waals surface area (Å²) in [7, 11) is -4.92. The Kier molecular flexibility index (Phi) is 20.3. The van der Waals surface area contributed by atoms with Crippen LogP contribution in [0.15, 0.2) is 94.5 Å². The van der Waals surface area contributed by atoms with Gasteiger partial charge >= 0.3 is 12.4 Å². The Morgan fingerprint density at radius 1 is 0.645 bits per heavy atom. The number of carbonyl (C=O) groups is 1. The first kappa shape index (κ1) is 76.4. The first-order chi connectivity index (χ1) is 50.0. The lowest BCUT2D eigenvalue weighted by Crippen LogP contribution is -2.38. The number of sulfonamides is 2. The van der Waals surface area contributed by atoms with Crippen molar-refractivity contribution in [2.24, 2.45) is 25.7 Å². The van der Waals surface area contributed by atoms with E-state index in [-0.39, 0.29) is 113 Å². The second-order valence-corrected chi connectivity index (χ2v) is 29.1. The summed E-state index contributed by atoms with van der Waals surface area (Å²) >= 11 is 13.0. The lowest BCUT2D eigenvalue weighted by Gasteiger charge is -2.24. The molecule has 0 saturated heterocycles. The van der Waals surface area contributed by atoms with Gasteiger partial charge in [-0.05, 0) is 90.6 Å². The van der Waals surface area contributed by atoms with Crippen LogP contribution in [-0.4, -0.2) is 119 Å². The Balaban J connectivity index is 0.000000211. The molecule has 566 valence electrons. The first-order valence-electron chi connectivity index (χ1n) is 31.3. The van der Waals surface area contributed by atoms with Gasteiger partial charge < -0.3 is 20.5 Å². The molecule has 0 unspecified atom stereocenters. The van der Waals surface area contributed by atoms with E-state index in [0.29, 0.717) is 16.8 Å². The molecule has 11 aromatic rings. The fourth-order valence-corrected chi connectivity index (χ4v) is 14.0. The highest BCUT2D eigenvalue weighted by atomic mass is 35.5. The minimum absolute atomic E-state index is 0.0116. The van der Waals surface area contributed by atoms with Gasteiger partial charge in [0.2, 0.25) is 37.7 Å². The number of halogens is 16. The van der Waals surface area contributed by atoms with Crippen LogP contribution in [0.2, 0.25) is 10.0 Å². The van der Waals surface area contributed by atoms with E-state index < -0.39 is 177 Å². The predicted molar refractivity (Wildman–Crippen MR) is 358 cm³/mol. The predicted octanol–water partition coefficient (Wildman–Crippen LogP) is 11.3. The number of hydrogen-bond donors (Lipinski definition) is 4. The molecule has 43 heteroatoms. The van der Waals surface area contributed by atoms with Crippen molar-refractivity contribution in [2.75, 3.05) is 35.2 Å². The summed E-state index contributed by atoms with van der Waals surface area (Å²) in [4.78, 5) is 60.0. The Morgan fingerprint density at radius 2 is 1.08 bits per heavy atom. The smallest absolute Gasteiger partial charge is 0.392 e. The van der Waals surface area contributed by atoms with Crippen molar-refractivity contribution in [1.82, 2.24) is 63.7 Å². The summed E-state index contributed by atoms with van der Waals surface area (Å²) in [5, 5.41) is 14.4. The summed E-state index contributed by atoms with van der Waals surface area (Å²) in [6, 6.07) is 12.3. The first-order valence-corrected chi connectivity index (χ1v) is 35.8. The molecule has 4 aromatic carbocycles. The van der Waals surface area contributed by atoms with Crippen molar-refractivity contribution in [1.29, 1.82) is 0 Å². The summed E-state index contributed by atoms with van der Waals surface area (Å²) in [5.74, 6) is -12.5. The second-order valence-electron chi connectivity index (χ2n) is 24.8. The highest BCUT2D eigenvalue weighted by molar-refractivity contribution is 7.92. The minimum atomic E-state index is -4.60. The van der Waals surface area contributed by atoms with Gasteiger partial charge in [-0.1, -0.05) is 23.2 Å². The molecule has 25 nitrogen and oxygen atoms in total. The number of rotatable bonds is 22. The number of hydrogen-bond acceptors (Lipinski definition) is 17. The average Bonchev–Trinajstić information content (AvgIpc) is 1.55. The Bertz CT molecular complexity index is 5760. The van der Waals surface area contributed by atoms with E-state index >= 15 is 8.78 Å². The molecule has 1 fully saturated rings. The minimum Gasteiger partial charge on any atom is -0.477 e. The van der Waals surface area contributed by atoms with Crippen LogP contribution in [-0.2, 0) is 64.2 Å². The van der Waals surface area contributed by atoms with Gasteiger partial charge in [-0.15, -0.1) is 0 Å². The molecule has 13 rings (SSSR count). The molecule has 0 radical (unpaired) electrons. The zero-order valence-corrected chi connectivity index (χ0v) is 58.3. The van der Waals surface area contributed by atoms with Crippen LogP contribution in [0.1, 0.15) is 83.4 Å². The van der Waals surface area contributed by atoms with Gasteiger partial charge in [-0.2, -0.15) is 60.4 Å². The number of nitrogens with zero attached hydrogens (tertiary/aromatic N) is 12.